The molecule has 2 bridgehead atoms. The van der Waals surface area contributed by atoms with Gasteiger partial charge in [-0.05, 0) is 45.2 Å². The third-order valence-corrected chi connectivity index (χ3v) is 8.34. The first-order valence-corrected chi connectivity index (χ1v) is 12.1. The van der Waals surface area contributed by atoms with E-state index in [9.17, 15) is 23.1 Å². The molecule has 1 N–H and O–H groups in total. The predicted molar refractivity (Wildman–Crippen MR) is 122 cm³/mol. The highest BCUT2D eigenvalue weighted by Gasteiger charge is 2.52. The number of carbonyl (C=O) groups is 1. The van der Waals surface area contributed by atoms with Crippen LogP contribution in [0.4, 0.5) is 23.8 Å². The number of rotatable bonds is 4. The number of hydrogen-bond acceptors (Lipinski definition) is 6. The maximum absolute atomic E-state index is 14.8. The van der Waals surface area contributed by atoms with Crippen molar-refractivity contribution < 1.29 is 27.8 Å². The molecule has 6 rings (SSSR count). The van der Waals surface area contributed by atoms with Gasteiger partial charge in [0.2, 0.25) is 0 Å². The molecule has 4 fully saturated rings. The number of piperazine rings is 1. The van der Waals surface area contributed by atoms with E-state index in [0.717, 1.165) is 25.5 Å². The maximum Gasteiger partial charge on any atom is 0.408 e. The van der Waals surface area contributed by atoms with Crippen molar-refractivity contribution in [3.8, 4) is 6.01 Å². The molecule has 0 saturated carbocycles. The lowest BCUT2D eigenvalue weighted by molar-refractivity contribution is 0.0785. The Hall–Kier alpha value is -2.82. The van der Waals surface area contributed by atoms with E-state index in [0.29, 0.717) is 44.7 Å². The minimum atomic E-state index is -0.966. The van der Waals surface area contributed by atoms with Gasteiger partial charge in [-0.1, -0.05) is 0 Å². The van der Waals surface area contributed by atoms with Crippen molar-refractivity contribution in [2.24, 2.45) is 0 Å². The summed E-state index contributed by atoms with van der Waals surface area (Å²) >= 11 is 0. The van der Waals surface area contributed by atoms with Crippen molar-refractivity contribution in [3.05, 3.63) is 23.8 Å². The van der Waals surface area contributed by atoms with Crippen LogP contribution in [0.3, 0.4) is 0 Å². The van der Waals surface area contributed by atoms with Crippen LogP contribution in [0.1, 0.15) is 39.0 Å². The van der Waals surface area contributed by atoms with E-state index in [-0.39, 0.29) is 29.6 Å². The van der Waals surface area contributed by atoms with Crippen molar-refractivity contribution in [1.82, 2.24) is 19.8 Å². The van der Waals surface area contributed by atoms with Crippen LogP contribution in [0.2, 0.25) is 0 Å². The van der Waals surface area contributed by atoms with Crippen LogP contribution < -0.4 is 9.64 Å². The minimum absolute atomic E-state index is 0.0419. The van der Waals surface area contributed by atoms with Gasteiger partial charge < -0.3 is 14.7 Å². The second-order valence-electron chi connectivity index (χ2n) is 10.7. The van der Waals surface area contributed by atoms with Crippen molar-refractivity contribution in [1.29, 1.82) is 0 Å². The van der Waals surface area contributed by atoms with E-state index in [2.05, 4.69) is 14.9 Å². The zero-order valence-electron chi connectivity index (χ0n) is 19.5. The fourth-order valence-electron chi connectivity index (χ4n) is 6.85. The highest BCUT2D eigenvalue weighted by atomic mass is 19.1. The molecule has 4 aliphatic rings. The number of carboxylic acid groups (broad SMARTS) is 1. The molecule has 1 aromatic heterocycles. The molecule has 2 unspecified atom stereocenters. The number of alkyl halides is 1. The lowest BCUT2D eigenvalue weighted by atomic mass is 9.95. The minimum Gasteiger partial charge on any atom is -0.465 e. The summed E-state index contributed by atoms with van der Waals surface area (Å²) in [5, 5.41) is 9.94. The number of halogens is 3. The van der Waals surface area contributed by atoms with Gasteiger partial charge in [-0.2, -0.15) is 9.97 Å². The molecule has 1 aromatic carbocycles. The molecule has 188 valence electrons. The molecule has 4 saturated heterocycles. The number of hydrogen-bond donors (Lipinski definition) is 1. The van der Waals surface area contributed by atoms with E-state index in [1.165, 1.54) is 11.0 Å². The van der Waals surface area contributed by atoms with E-state index < -0.39 is 35.0 Å². The number of aromatic nitrogens is 2. The van der Waals surface area contributed by atoms with Gasteiger partial charge in [0.05, 0.1) is 17.1 Å². The Balaban J connectivity index is 1.36. The summed E-state index contributed by atoms with van der Waals surface area (Å²) in [5.41, 5.74) is -1.11. The summed E-state index contributed by atoms with van der Waals surface area (Å²) < 4.78 is 49.2. The first-order chi connectivity index (χ1) is 16.7. The smallest absolute Gasteiger partial charge is 0.408 e. The average Bonchev–Trinajstić information content (AvgIpc) is 3.37. The first-order valence-electron chi connectivity index (χ1n) is 12.1. The fourth-order valence-corrected chi connectivity index (χ4v) is 6.85. The zero-order valence-corrected chi connectivity index (χ0v) is 19.5. The molecule has 0 spiro atoms. The van der Waals surface area contributed by atoms with E-state index in [1.807, 2.05) is 11.8 Å². The van der Waals surface area contributed by atoms with Gasteiger partial charge in [0, 0.05) is 37.5 Å². The Morgan fingerprint density at radius 2 is 2.09 bits per heavy atom. The van der Waals surface area contributed by atoms with Gasteiger partial charge in [0.1, 0.15) is 29.9 Å². The number of anilines is 1. The Bertz CT molecular complexity index is 1200. The summed E-state index contributed by atoms with van der Waals surface area (Å²) in [6.45, 7) is 3.96. The molecular weight excluding hydrogens is 463 g/mol. The third kappa shape index (κ3) is 3.57. The molecule has 8 nitrogen and oxygen atoms in total. The van der Waals surface area contributed by atoms with Gasteiger partial charge in [-0.3, -0.25) is 9.80 Å². The zero-order chi connectivity index (χ0) is 24.5. The second-order valence-corrected chi connectivity index (χ2v) is 10.7. The number of nitrogens with zero attached hydrogens (tertiary/aromatic N) is 5. The van der Waals surface area contributed by atoms with Crippen LogP contribution in [-0.2, 0) is 0 Å². The van der Waals surface area contributed by atoms with Crippen molar-refractivity contribution >= 4 is 22.8 Å². The van der Waals surface area contributed by atoms with Crippen molar-refractivity contribution in [2.45, 2.75) is 62.3 Å². The van der Waals surface area contributed by atoms with Crippen molar-refractivity contribution in [3.63, 3.8) is 0 Å². The Kier molecular flexibility index (Phi) is 5.07. The Labute approximate surface area is 200 Å². The van der Waals surface area contributed by atoms with Crippen LogP contribution >= 0.6 is 0 Å². The topological polar surface area (TPSA) is 82.0 Å². The van der Waals surface area contributed by atoms with E-state index in [1.54, 1.807) is 0 Å². The first kappa shape index (κ1) is 22.6. The van der Waals surface area contributed by atoms with E-state index in [4.69, 9.17) is 4.74 Å². The molecule has 4 atom stereocenters. The molecule has 11 heteroatoms. The highest BCUT2D eigenvalue weighted by molar-refractivity contribution is 5.90. The molecule has 2 aromatic rings. The van der Waals surface area contributed by atoms with Crippen LogP contribution in [0.25, 0.3) is 10.9 Å². The lowest BCUT2D eigenvalue weighted by Crippen LogP contribution is -2.62. The van der Waals surface area contributed by atoms with Crippen LogP contribution in [0.5, 0.6) is 6.01 Å². The number of benzene rings is 1. The van der Waals surface area contributed by atoms with Gasteiger partial charge in [0.15, 0.2) is 5.82 Å². The lowest BCUT2D eigenvalue weighted by Gasteiger charge is -2.46. The predicted octanol–water partition coefficient (Wildman–Crippen LogP) is 3.58. The molecular formula is C24H28F3N5O3. The average molecular weight is 492 g/mol. The Morgan fingerprint density at radius 3 is 2.86 bits per heavy atom. The second kappa shape index (κ2) is 7.84. The normalized spacial score (nSPS) is 32.5. The van der Waals surface area contributed by atoms with Crippen LogP contribution in [0.15, 0.2) is 12.1 Å². The van der Waals surface area contributed by atoms with Gasteiger partial charge >= 0.3 is 12.1 Å². The molecule has 0 radical (unpaired) electrons. The monoisotopic (exact) mass is 491 g/mol. The van der Waals surface area contributed by atoms with Gasteiger partial charge in [-0.25, -0.2) is 18.0 Å². The van der Waals surface area contributed by atoms with Crippen molar-refractivity contribution in [2.75, 3.05) is 37.7 Å². The number of amides is 1. The molecule has 0 aliphatic carbocycles. The quantitative estimate of drug-likeness (QED) is 0.700. The highest BCUT2D eigenvalue weighted by Crippen LogP contribution is 2.43. The fraction of sp³-hybridized carbons (Fsp3) is 0.625. The molecule has 35 heavy (non-hydrogen) atoms. The number of fused-ring (bicyclic) bond motifs is 4. The van der Waals surface area contributed by atoms with E-state index >= 15 is 0 Å². The maximum atomic E-state index is 14.8. The largest absolute Gasteiger partial charge is 0.465 e. The number of ether oxygens (including phenoxy) is 1. The molecule has 4 aliphatic heterocycles. The van der Waals surface area contributed by atoms with Crippen LogP contribution in [0, 0.1) is 11.6 Å². The summed E-state index contributed by atoms with van der Waals surface area (Å²) in [7, 11) is 0. The summed E-state index contributed by atoms with van der Waals surface area (Å²) in [6, 6.07) is 1.69. The summed E-state index contributed by atoms with van der Waals surface area (Å²) in [4.78, 5) is 26.2. The van der Waals surface area contributed by atoms with Gasteiger partial charge in [-0.15, -0.1) is 0 Å². The summed E-state index contributed by atoms with van der Waals surface area (Å²) in [6.07, 6.45) is 1.67. The molecule has 1 amide bonds. The van der Waals surface area contributed by atoms with Gasteiger partial charge in [0.25, 0.3) is 0 Å². The molecule has 5 heterocycles. The van der Waals surface area contributed by atoms with Crippen LogP contribution in [-0.4, -0.2) is 87.0 Å². The Morgan fingerprint density at radius 1 is 1.26 bits per heavy atom. The third-order valence-electron chi connectivity index (χ3n) is 8.34. The summed E-state index contributed by atoms with van der Waals surface area (Å²) in [5.74, 6) is -1.24. The standard InChI is InChI=1S/C24H28F3N5O3/c1-23-5-3-16(32(23)22(33)34)11-30(12-23)20-17-7-14(25)8-18(27)19(17)28-21(29-20)35-13-24-4-2-6-31(24)10-15(26)9-24/h7-8,15-16H,2-6,9-13H2,1H3,(H,33,34)/t15-,16?,23?,24+/m1/s1. The SMILES string of the molecule is CC12CCC(CN(c3nc(OC[C@@]45CCCN4C[C@H](F)C5)nc4c(F)cc(F)cc34)C1)N2C(=O)O.